The summed E-state index contributed by atoms with van der Waals surface area (Å²) in [7, 11) is 0. The van der Waals surface area contributed by atoms with Crippen LogP contribution in [0.15, 0.2) is 100 Å². The van der Waals surface area contributed by atoms with E-state index in [0.29, 0.717) is 29.2 Å². The molecule has 1 N–H and O–H groups in total. The minimum Gasteiger partial charge on any atom is -0.507 e. The highest BCUT2D eigenvalue weighted by molar-refractivity contribution is 5.88. The van der Waals surface area contributed by atoms with Gasteiger partial charge in [0.2, 0.25) is 5.43 Å². The summed E-state index contributed by atoms with van der Waals surface area (Å²) in [5.41, 5.74) is 2.74. The number of phenolic OH excluding ortho intramolecular Hbond substituents is 1. The molecule has 7 nitrogen and oxygen atoms in total. The van der Waals surface area contributed by atoms with Crippen LogP contribution in [0.25, 0.3) is 22.1 Å². The Labute approximate surface area is 256 Å². The molecule has 0 radical (unpaired) electrons. The van der Waals surface area contributed by atoms with Crippen molar-refractivity contribution in [2.75, 3.05) is 0 Å². The van der Waals surface area contributed by atoms with Gasteiger partial charge in [0, 0.05) is 12.1 Å². The Kier molecular flexibility index (Phi) is 8.16. The minimum atomic E-state index is -0.732. The van der Waals surface area contributed by atoms with Gasteiger partial charge in [-0.05, 0) is 67.6 Å². The predicted octanol–water partition coefficient (Wildman–Crippen LogP) is 7.93. The lowest BCUT2D eigenvalue weighted by Crippen LogP contribution is -2.19. The number of ether oxygens (including phenoxy) is 2. The van der Waals surface area contributed by atoms with E-state index in [-0.39, 0.29) is 28.8 Å². The quantitative estimate of drug-likeness (QED) is 0.187. The maximum atomic E-state index is 13.4. The van der Waals surface area contributed by atoms with Crippen LogP contribution in [0.2, 0.25) is 0 Å². The second-order valence-electron chi connectivity index (χ2n) is 11.8. The van der Waals surface area contributed by atoms with Crippen LogP contribution >= 0.6 is 0 Å². The van der Waals surface area contributed by atoms with Crippen LogP contribution in [0.4, 0.5) is 0 Å². The van der Waals surface area contributed by atoms with Crippen LogP contribution in [-0.4, -0.2) is 5.11 Å². The van der Waals surface area contributed by atoms with Gasteiger partial charge in [-0.1, -0.05) is 60.7 Å². The Morgan fingerprint density at radius 2 is 1.34 bits per heavy atom. The maximum Gasteiger partial charge on any atom is 0.204 e. The number of nitrogens with zero attached hydrogens (tertiary/aromatic N) is 2. The summed E-state index contributed by atoms with van der Waals surface area (Å²) in [6, 6.07) is 30.1. The van der Waals surface area contributed by atoms with Crippen LogP contribution < -0.4 is 14.9 Å². The smallest absolute Gasteiger partial charge is 0.204 e. The molecule has 44 heavy (non-hydrogen) atoms. The standard InChI is InChI=1S/C37H32N2O5/c1-36(2,22-38)27-14-25(15-28(16-27)37(3,4)23-39)20-42-29-12-10-26(11-13-29)31-21-44-33-18-30(17-32(40)34(33)35(31)41)43-19-24-8-6-5-7-9-24/h5-18,21,40H,19-20H2,1-4H3. The van der Waals surface area contributed by atoms with Crippen molar-refractivity contribution in [3.05, 3.63) is 124 Å². The minimum absolute atomic E-state index is 0.0751. The molecule has 0 saturated heterocycles. The van der Waals surface area contributed by atoms with E-state index >= 15 is 0 Å². The van der Waals surface area contributed by atoms with E-state index in [2.05, 4.69) is 12.1 Å². The van der Waals surface area contributed by atoms with Crippen molar-refractivity contribution in [1.29, 1.82) is 10.5 Å². The van der Waals surface area contributed by atoms with Gasteiger partial charge < -0.3 is 19.0 Å². The van der Waals surface area contributed by atoms with E-state index in [0.717, 1.165) is 22.3 Å². The number of benzene rings is 4. The van der Waals surface area contributed by atoms with Crippen LogP contribution in [0.5, 0.6) is 17.2 Å². The third kappa shape index (κ3) is 6.28. The predicted molar refractivity (Wildman–Crippen MR) is 168 cm³/mol. The fraction of sp³-hybridized carbons (Fsp3) is 0.216. The first-order valence-electron chi connectivity index (χ1n) is 14.2. The summed E-state index contributed by atoms with van der Waals surface area (Å²) in [6.07, 6.45) is 1.38. The van der Waals surface area contributed by atoms with Crippen LogP contribution in [-0.2, 0) is 24.0 Å². The van der Waals surface area contributed by atoms with Gasteiger partial charge >= 0.3 is 0 Å². The lowest BCUT2D eigenvalue weighted by Gasteiger charge is -2.23. The SMILES string of the molecule is CC(C)(C#N)c1cc(COc2ccc(-c3coc4cc(OCc5ccccc5)cc(O)c4c3=O)cc2)cc(C(C)(C)C#N)c1. The molecule has 7 heteroatoms. The van der Waals surface area contributed by atoms with Gasteiger partial charge in [-0.15, -0.1) is 0 Å². The van der Waals surface area contributed by atoms with Gasteiger partial charge in [0.25, 0.3) is 0 Å². The van der Waals surface area contributed by atoms with Gasteiger partial charge in [0.1, 0.15) is 47.7 Å². The molecule has 0 bridgehead atoms. The summed E-state index contributed by atoms with van der Waals surface area (Å²) in [6.45, 7) is 7.91. The zero-order chi connectivity index (χ0) is 31.5. The Balaban J connectivity index is 1.35. The number of rotatable bonds is 9. The van der Waals surface area contributed by atoms with E-state index < -0.39 is 10.8 Å². The van der Waals surface area contributed by atoms with Crippen molar-refractivity contribution in [3.63, 3.8) is 0 Å². The molecule has 5 rings (SSSR count). The highest BCUT2D eigenvalue weighted by atomic mass is 16.5. The molecule has 0 atom stereocenters. The molecule has 0 unspecified atom stereocenters. The molecule has 0 aliphatic rings. The van der Waals surface area contributed by atoms with Gasteiger partial charge in [0.05, 0.1) is 28.5 Å². The number of nitriles is 2. The van der Waals surface area contributed by atoms with Crippen molar-refractivity contribution in [2.45, 2.75) is 51.7 Å². The van der Waals surface area contributed by atoms with Crippen molar-refractivity contribution in [3.8, 4) is 40.5 Å². The summed E-state index contributed by atoms with van der Waals surface area (Å²) >= 11 is 0. The number of hydrogen-bond acceptors (Lipinski definition) is 7. The Bertz CT molecular complexity index is 1920. The fourth-order valence-corrected chi connectivity index (χ4v) is 4.75. The van der Waals surface area contributed by atoms with E-state index in [1.165, 1.54) is 12.3 Å². The highest BCUT2D eigenvalue weighted by Crippen LogP contribution is 2.33. The Morgan fingerprint density at radius 3 is 1.95 bits per heavy atom. The van der Waals surface area contributed by atoms with Crippen molar-refractivity contribution >= 4 is 11.0 Å². The molecule has 0 spiro atoms. The normalized spacial score (nSPS) is 11.5. The Hall–Kier alpha value is -5.53. The van der Waals surface area contributed by atoms with Gasteiger partial charge in [-0.3, -0.25) is 4.79 Å². The summed E-state index contributed by atoms with van der Waals surface area (Å²) in [5.74, 6) is 0.746. The Morgan fingerprint density at radius 1 is 0.750 bits per heavy atom. The van der Waals surface area contributed by atoms with E-state index in [9.17, 15) is 20.4 Å². The number of aromatic hydroxyl groups is 1. The third-order valence-corrected chi connectivity index (χ3v) is 7.64. The highest BCUT2D eigenvalue weighted by Gasteiger charge is 2.26. The van der Waals surface area contributed by atoms with Gasteiger partial charge in [0.15, 0.2) is 0 Å². The maximum absolute atomic E-state index is 13.4. The van der Waals surface area contributed by atoms with Crippen LogP contribution in [0, 0.1) is 22.7 Å². The van der Waals surface area contributed by atoms with Gasteiger partial charge in [-0.25, -0.2) is 0 Å². The van der Waals surface area contributed by atoms with Crippen molar-refractivity contribution < 1.29 is 19.0 Å². The first-order valence-corrected chi connectivity index (χ1v) is 14.2. The first-order chi connectivity index (χ1) is 21.0. The number of hydrogen-bond donors (Lipinski definition) is 1. The molecule has 1 heterocycles. The number of phenols is 1. The average Bonchev–Trinajstić information content (AvgIpc) is 3.03. The topological polar surface area (TPSA) is 116 Å². The molecule has 1 aromatic heterocycles. The van der Waals surface area contributed by atoms with Crippen LogP contribution in [0.3, 0.4) is 0 Å². The zero-order valence-corrected chi connectivity index (χ0v) is 25.0. The van der Waals surface area contributed by atoms with E-state index in [1.807, 2.05) is 76.2 Å². The summed E-state index contributed by atoms with van der Waals surface area (Å²) in [5, 5.41) is 30.2. The fourth-order valence-electron chi connectivity index (χ4n) is 4.75. The lowest BCUT2D eigenvalue weighted by molar-refractivity contribution is 0.304. The van der Waals surface area contributed by atoms with Crippen molar-refractivity contribution in [2.24, 2.45) is 0 Å². The van der Waals surface area contributed by atoms with Crippen LogP contribution in [0.1, 0.15) is 49.9 Å². The van der Waals surface area contributed by atoms with E-state index in [1.54, 1.807) is 30.3 Å². The van der Waals surface area contributed by atoms with Crippen molar-refractivity contribution in [1.82, 2.24) is 0 Å². The summed E-state index contributed by atoms with van der Waals surface area (Å²) < 4.78 is 17.6. The number of fused-ring (bicyclic) bond motifs is 1. The van der Waals surface area contributed by atoms with Gasteiger partial charge in [-0.2, -0.15) is 10.5 Å². The average molecular weight is 585 g/mol. The zero-order valence-electron chi connectivity index (χ0n) is 25.0. The molecule has 0 amide bonds. The molecule has 4 aromatic carbocycles. The van der Waals surface area contributed by atoms with E-state index in [4.69, 9.17) is 13.9 Å². The molecule has 0 aliphatic heterocycles. The molecule has 5 aromatic rings. The lowest BCUT2D eigenvalue weighted by atomic mass is 9.79. The molecule has 0 fully saturated rings. The molecule has 0 saturated carbocycles. The molecule has 220 valence electrons. The second kappa shape index (κ2) is 12.0. The monoisotopic (exact) mass is 584 g/mol. The molecule has 0 aliphatic carbocycles. The third-order valence-electron chi connectivity index (χ3n) is 7.64. The summed E-state index contributed by atoms with van der Waals surface area (Å²) in [4.78, 5) is 13.4. The first kappa shape index (κ1) is 29.9. The largest absolute Gasteiger partial charge is 0.507 e. The second-order valence-corrected chi connectivity index (χ2v) is 11.8. The molecular weight excluding hydrogens is 552 g/mol. The molecular formula is C37H32N2O5.